The quantitative estimate of drug-likeness (QED) is 0.480. The van der Waals surface area contributed by atoms with E-state index in [1.165, 1.54) is 0 Å². The number of aromatic hydroxyl groups is 1. The molecule has 0 unspecified atom stereocenters. The van der Waals surface area contributed by atoms with Crippen LogP contribution in [0, 0.1) is 6.92 Å². The highest BCUT2D eigenvalue weighted by Gasteiger charge is 2.12. The van der Waals surface area contributed by atoms with Gasteiger partial charge in [-0.15, -0.1) is 5.10 Å². The number of H-pyrrole nitrogens is 1. The van der Waals surface area contributed by atoms with E-state index in [9.17, 15) is 5.11 Å². The molecule has 0 aliphatic carbocycles. The molecule has 0 saturated carbocycles. The number of rotatable bonds is 0. The van der Waals surface area contributed by atoms with Crippen LogP contribution in [-0.4, -0.2) is 32.8 Å². The molecule has 0 aliphatic heterocycles. The van der Waals surface area contributed by atoms with E-state index in [2.05, 4.69) is 15.3 Å². The van der Waals surface area contributed by atoms with Gasteiger partial charge in [-0.2, -0.15) is 5.10 Å². The molecular formula is C9H9BN4O. The minimum absolute atomic E-state index is 0.325. The van der Waals surface area contributed by atoms with Crippen LogP contribution in [-0.2, 0) is 0 Å². The molecule has 0 radical (unpaired) electrons. The zero-order valence-electron chi connectivity index (χ0n) is 8.44. The molecule has 6 heteroatoms. The molecule has 0 saturated heterocycles. The van der Waals surface area contributed by atoms with E-state index in [1.54, 1.807) is 10.7 Å². The van der Waals surface area contributed by atoms with Gasteiger partial charge in [-0.25, -0.2) is 4.52 Å². The average Bonchev–Trinajstić information content (AvgIpc) is 2.73. The second kappa shape index (κ2) is 2.53. The van der Waals surface area contributed by atoms with Crippen molar-refractivity contribution >= 4 is 29.9 Å². The van der Waals surface area contributed by atoms with Gasteiger partial charge in [-0.1, -0.05) is 0 Å². The Morgan fingerprint density at radius 3 is 3.13 bits per heavy atom. The predicted octanol–water partition coefficient (Wildman–Crippen LogP) is -0.517. The summed E-state index contributed by atoms with van der Waals surface area (Å²) in [7, 11) is 1.86. The maximum Gasteiger partial charge on any atom is 0.178 e. The number of aryl methyl sites for hydroxylation is 1. The van der Waals surface area contributed by atoms with Gasteiger partial charge in [0.1, 0.15) is 13.6 Å². The lowest BCUT2D eigenvalue weighted by atomic mass is 9.95. The van der Waals surface area contributed by atoms with Crippen molar-refractivity contribution in [3.63, 3.8) is 0 Å². The van der Waals surface area contributed by atoms with E-state index >= 15 is 0 Å². The summed E-state index contributed by atoms with van der Waals surface area (Å²) in [5.74, 6) is 0.325. The first-order valence-electron chi connectivity index (χ1n) is 4.69. The number of hydrogen-bond donors (Lipinski definition) is 2. The summed E-state index contributed by atoms with van der Waals surface area (Å²) in [6.07, 6.45) is 3.53. The van der Waals surface area contributed by atoms with E-state index in [4.69, 9.17) is 0 Å². The molecule has 0 atom stereocenters. The smallest absolute Gasteiger partial charge is 0.178 e. The van der Waals surface area contributed by atoms with Gasteiger partial charge in [0.05, 0.1) is 17.1 Å². The molecule has 0 fully saturated rings. The van der Waals surface area contributed by atoms with Gasteiger partial charge < -0.3 is 5.11 Å². The summed E-state index contributed by atoms with van der Waals surface area (Å²) in [5, 5.41) is 21.8. The zero-order valence-corrected chi connectivity index (χ0v) is 8.44. The fourth-order valence-corrected chi connectivity index (χ4v) is 1.93. The summed E-state index contributed by atoms with van der Waals surface area (Å²) >= 11 is 0. The van der Waals surface area contributed by atoms with Crippen molar-refractivity contribution in [2.45, 2.75) is 6.92 Å². The van der Waals surface area contributed by atoms with Crippen molar-refractivity contribution in [2.24, 2.45) is 0 Å². The number of nitrogens with one attached hydrogen (secondary N) is 1. The Morgan fingerprint density at radius 2 is 2.33 bits per heavy atom. The van der Waals surface area contributed by atoms with Gasteiger partial charge in [-0.05, 0) is 12.4 Å². The molecule has 3 aromatic rings. The van der Waals surface area contributed by atoms with Gasteiger partial charge in [0.2, 0.25) is 0 Å². The van der Waals surface area contributed by atoms with Gasteiger partial charge in [0, 0.05) is 11.8 Å². The summed E-state index contributed by atoms with van der Waals surface area (Å²) in [6.45, 7) is 1.88. The second-order valence-corrected chi connectivity index (χ2v) is 3.71. The summed E-state index contributed by atoms with van der Waals surface area (Å²) in [4.78, 5) is 0. The number of aromatic nitrogens is 4. The van der Waals surface area contributed by atoms with Crippen molar-refractivity contribution in [2.75, 3.05) is 0 Å². The highest BCUT2D eigenvalue weighted by Crippen LogP contribution is 2.24. The molecule has 2 N–H and O–H groups in total. The van der Waals surface area contributed by atoms with Crippen LogP contribution in [0.15, 0.2) is 12.4 Å². The number of hydrogen-bond acceptors (Lipinski definition) is 3. The maximum atomic E-state index is 9.85. The van der Waals surface area contributed by atoms with Crippen molar-refractivity contribution in [1.29, 1.82) is 0 Å². The topological polar surface area (TPSA) is 66.2 Å². The van der Waals surface area contributed by atoms with Crippen molar-refractivity contribution in [3.8, 4) is 5.75 Å². The molecule has 3 rings (SSSR count). The molecular weight excluding hydrogens is 191 g/mol. The van der Waals surface area contributed by atoms with Crippen LogP contribution in [0.3, 0.4) is 0 Å². The van der Waals surface area contributed by atoms with Crippen LogP contribution in [0.2, 0.25) is 0 Å². The largest absolute Gasteiger partial charge is 0.508 e. The number of fused-ring (bicyclic) bond motifs is 3. The zero-order chi connectivity index (χ0) is 10.6. The van der Waals surface area contributed by atoms with E-state index < -0.39 is 0 Å². The highest BCUT2D eigenvalue weighted by molar-refractivity contribution is 6.34. The van der Waals surface area contributed by atoms with E-state index in [0.29, 0.717) is 5.75 Å². The third-order valence-corrected chi connectivity index (χ3v) is 2.71. The van der Waals surface area contributed by atoms with Crippen molar-refractivity contribution in [1.82, 2.24) is 19.8 Å². The lowest BCUT2D eigenvalue weighted by Gasteiger charge is -2.05. The number of nitrogens with zero attached hydrogens (tertiary/aromatic N) is 3. The van der Waals surface area contributed by atoms with Crippen LogP contribution in [0.4, 0.5) is 0 Å². The van der Waals surface area contributed by atoms with Crippen molar-refractivity contribution in [3.05, 3.63) is 18.0 Å². The highest BCUT2D eigenvalue weighted by atomic mass is 16.3. The Morgan fingerprint density at radius 1 is 1.53 bits per heavy atom. The van der Waals surface area contributed by atoms with Gasteiger partial charge in [0.15, 0.2) is 5.65 Å². The lowest BCUT2D eigenvalue weighted by Crippen LogP contribution is -2.08. The molecule has 74 valence electrons. The Kier molecular flexibility index (Phi) is 1.41. The Bertz CT molecular complexity index is 669. The maximum absolute atomic E-state index is 9.85. The molecule has 15 heavy (non-hydrogen) atoms. The second-order valence-electron chi connectivity index (χ2n) is 3.71. The van der Waals surface area contributed by atoms with E-state index in [0.717, 1.165) is 27.6 Å². The van der Waals surface area contributed by atoms with E-state index in [1.807, 2.05) is 21.0 Å². The Hall–Kier alpha value is -1.98. The monoisotopic (exact) mass is 200 g/mol. The third-order valence-electron chi connectivity index (χ3n) is 2.71. The van der Waals surface area contributed by atoms with Crippen LogP contribution < -0.4 is 5.46 Å². The van der Waals surface area contributed by atoms with Gasteiger partial charge >= 0.3 is 0 Å². The number of aromatic amines is 1. The minimum Gasteiger partial charge on any atom is -0.508 e. The minimum atomic E-state index is 0.325. The molecule has 0 spiro atoms. The SMILES string of the molecule is Bc1cn2nc3[nH]ncc3c2c(C)c1O. The van der Waals surface area contributed by atoms with Crippen molar-refractivity contribution < 1.29 is 5.11 Å². The Balaban J connectivity index is 2.63. The predicted molar refractivity (Wildman–Crippen MR) is 59.4 cm³/mol. The fourth-order valence-electron chi connectivity index (χ4n) is 1.93. The first-order valence-corrected chi connectivity index (χ1v) is 4.69. The molecule has 5 nitrogen and oxygen atoms in total. The van der Waals surface area contributed by atoms with Gasteiger partial charge in [-0.3, -0.25) is 5.10 Å². The molecule has 0 amide bonds. The summed E-state index contributed by atoms with van der Waals surface area (Å²) in [5.41, 5.74) is 3.29. The number of pyridine rings is 1. The molecule has 3 aromatic heterocycles. The summed E-state index contributed by atoms with van der Waals surface area (Å²) in [6, 6.07) is 0. The van der Waals surface area contributed by atoms with Crippen LogP contribution in [0.5, 0.6) is 5.75 Å². The van der Waals surface area contributed by atoms with Gasteiger partial charge in [0.25, 0.3) is 0 Å². The lowest BCUT2D eigenvalue weighted by molar-refractivity contribution is 0.475. The molecule has 0 aliphatic rings. The first kappa shape index (κ1) is 8.34. The van der Waals surface area contributed by atoms with Crippen LogP contribution in [0.25, 0.3) is 16.6 Å². The standard InChI is InChI=1S/C9H9BN4O/c1-4-7-5-2-11-12-9(5)13-14(7)3-6(10)8(4)15/h2-3,15H,10H2,1H3,(H,12,13). The summed E-state index contributed by atoms with van der Waals surface area (Å²) < 4.78 is 1.77. The molecule has 0 bridgehead atoms. The third kappa shape index (κ3) is 0.931. The van der Waals surface area contributed by atoms with E-state index in [-0.39, 0.29) is 0 Å². The average molecular weight is 200 g/mol. The fraction of sp³-hybridized carbons (Fsp3) is 0.111. The molecule has 3 heterocycles. The normalized spacial score (nSPS) is 11.5. The first-order chi connectivity index (χ1) is 7.18. The van der Waals surface area contributed by atoms with Crippen LogP contribution in [0.1, 0.15) is 5.56 Å². The Labute approximate surface area is 86.1 Å². The van der Waals surface area contributed by atoms with Crippen LogP contribution >= 0.6 is 0 Å². The molecule has 0 aromatic carbocycles.